The quantitative estimate of drug-likeness (QED) is 0.736. The molecule has 0 amide bonds. The van der Waals surface area contributed by atoms with E-state index in [-0.39, 0.29) is 5.82 Å². The third kappa shape index (κ3) is 5.01. The lowest BCUT2D eigenvalue weighted by Crippen LogP contribution is -2.51. The van der Waals surface area contributed by atoms with Crippen LogP contribution in [0, 0.1) is 5.82 Å². The summed E-state index contributed by atoms with van der Waals surface area (Å²) in [6.07, 6.45) is 1.37. The second kappa shape index (κ2) is 7.98. The Morgan fingerprint density at radius 2 is 1.95 bits per heavy atom. The summed E-state index contributed by atoms with van der Waals surface area (Å²) in [5.74, 6) is -1.11. The van der Waals surface area contributed by atoms with Crippen LogP contribution >= 0.6 is 0 Å². The molecule has 4 nitrogen and oxygen atoms in total. The molecule has 0 radical (unpaired) electrons. The van der Waals surface area contributed by atoms with Gasteiger partial charge in [-0.3, -0.25) is 4.79 Å². The maximum absolute atomic E-state index is 13.0. The van der Waals surface area contributed by atoms with Gasteiger partial charge < -0.3 is 15.3 Å². The number of carboxylic acids is 1. The van der Waals surface area contributed by atoms with Gasteiger partial charge in [-0.05, 0) is 57.5 Å². The van der Waals surface area contributed by atoms with E-state index in [1.807, 2.05) is 18.7 Å². The fraction of sp³-hybridized carbons (Fsp3) is 0.562. The highest BCUT2D eigenvalue weighted by molar-refractivity contribution is 5.78. The molecule has 5 heteroatoms. The molecule has 2 N–H and O–H groups in total. The van der Waals surface area contributed by atoms with Gasteiger partial charge in [0.1, 0.15) is 11.4 Å². The van der Waals surface area contributed by atoms with E-state index in [4.69, 9.17) is 0 Å². The highest BCUT2D eigenvalue weighted by Gasteiger charge is 2.32. The Hall–Kier alpha value is -1.62. The van der Waals surface area contributed by atoms with Gasteiger partial charge in [0.25, 0.3) is 0 Å². The van der Waals surface area contributed by atoms with E-state index >= 15 is 0 Å². The Morgan fingerprint density at radius 1 is 1.33 bits per heavy atom. The third-order valence-electron chi connectivity index (χ3n) is 3.69. The number of carboxylic acid groups (broad SMARTS) is 1. The van der Waals surface area contributed by atoms with E-state index in [2.05, 4.69) is 5.32 Å². The molecular formula is C16H25FN2O2. The van der Waals surface area contributed by atoms with E-state index in [1.165, 1.54) is 12.1 Å². The Kier molecular flexibility index (Phi) is 6.62. The molecule has 0 aliphatic carbocycles. The minimum Gasteiger partial charge on any atom is -0.480 e. The second-order valence-electron chi connectivity index (χ2n) is 5.37. The van der Waals surface area contributed by atoms with Crippen LogP contribution in [0.15, 0.2) is 24.3 Å². The number of benzene rings is 1. The monoisotopic (exact) mass is 296 g/mol. The average molecular weight is 296 g/mol. The molecule has 1 unspecified atom stereocenters. The van der Waals surface area contributed by atoms with Gasteiger partial charge in [0.05, 0.1) is 0 Å². The average Bonchev–Trinajstić information content (AvgIpc) is 2.47. The van der Waals surface area contributed by atoms with Crippen molar-refractivity contribution in [2.75, 3.05) is 24.5 Å². The summed E-state index contributed by atoms with van der Waals surface area (Å²) >= 11 is 0. The zero-order valence-corrected chi connectivity index (χ0v) is 13.0. The fourth-order valence-electron chi connectivity index (χ4n) is 2.15. The van der Waals surface area contributed by atoms with Crippen molar-refractivity contribution in [3.8, 4) is 0 Å². The number of rotatable bonds is 9. The number of hydrogen-bond donors (Lipinski definition) is 2. The van der Waals surface area contributed by atoms with Gasteiger partial charge in [0.2, 0.25) is 0 Å². The molecule has 0 saturated heterocycles. The third-order valence-corrected chi connectivity index (χ3v) is 3.69. The standard InChI is InChI=1S/C16H25FN2O2/c1-4-11-18-16(3,15(20)21)10-12-19(5-2)14-8-6-13(17)7-9-14/h6-9,18H,4-5,10-12H2,1-3H3,(H,20,21). The lowest BCUT2D eigenvalue weighted by molar-refractivity contribution is -0.144. The lowest BCUT2D eigenvalue weighted by atomic mass is 9.97. The van der Waals surface area contributed by atoms with Gasteiger partial charge in [-0.1, -0.05) is 6.92 Å². The van der Waals surface area contributed by atoms with Crippen molar-refractivity contribution >= 4 is 11.7 Å². The summed E-state index contributed by atoms with van der Waals surface area (Å²) in [5.41, 5.74) is -0.0363. The Labute approximate surface area is 126 Å². The molecule has 0 aromatic heterocycles. The summed E-state index contributed by atoms with van der Waals surface area (Å²) in [7, 11) is 0. The van der Waals surface area contributed by atoms with Crippen molar-refractivity contribution in [2.45, 2.75) is 39.2 Å². The van der Waals surface area contributed by atoms with E-state index in [9.17, 15) is 14.3 Å². The van der Waals surface area contributed by atoms with Crippen LogP contribution in [-0.4, -0.2) is 36.2 Å². The van der Waals surface area contributed by atoms with E-state index in [1.54, 1.807) is 19.1 Å². The normalized spacial score (nSPS) is 13.7. The Bertz CT molecular complexity index is 450. The molecule has 0 fully saturated rings. The zero-order valence-electron chi connectivity index (χ0n) is 13.0. The van der Waals surface area contributed by atoms with E-state index in [0.29, 0.717) is 19.5 Å². The summed E-state index contributed by atoms with van der Waals surface area (Å²) in [4.78, 5) is 13.5. The smallest absolute Gasteiger partial charge is 0.323 e. The van der Waals surface area contributed by atoms with E-state index < -0.39 is 11.5 Å². The number of anilines is 1. The molecule has 21 heavy (non-hydrogen) atoms. The summed E-state index contributed by atoms with van der Waals surface area (Å²) in [5, 5.41) is 12.5. The number of carbonyl (C=O) groups is 1. The lowest BCUT2D eigenvalue weighted by Gasteiger charge is -2.30. The zero-order chi connectivity index (χ0) is 15.9. The SMILES string of the molecule is CCCNC(C)(CCN(CC)c1ccc(F)cc1)C(=O)O. The predicted molar refractivity (Wildman–Crippen MR) is 83.2 cm³/mol. The first kappa shape index (κ1) is 17.4. The molecule has 1 aromatic rings. The molecule has 0 bridgehead atoms. The molecule has 0 saturated carbocycles. The van der Waals surface area contributed by atoms with Crippen molar-refractivity contribution in [2.24, 2.45) is 0 Å². The first-order valence-electron chi connectivity index (χ1n) is 7.42. The first-order valence-corrected chi connectivity index (χ1v) is 7.42. The minimum atomic E-state index is -0.941. The van der Waals surface area contributed by atoms with Crippen LogP contribution in [0.3, 0.4) is 0 Å². The molecule has 0 spiro atoms. The number of hydrogen-bond acceptors (Lipinski definition) is 3. The molecule has 0 aliphatic heterocycles. The van der Waals surface area contributed by atoms with Crippen LogP contribution in [-0.2, 0) is 4.79 Å². The van der Waals surface area contributed by atoms with Gasteiger partial charge in [-0.2, -0.15) is 0 Å². The molecular weight excluding hydrogens is 271 g/mol. The van der Waals surface area contributed by atoms with Gasteiger partial charge in [-0.25, -0.2) is 4.39 Å². The molecule has 1 atom stereocenters. The van der Waals surface area contributed by atoms with Gasteiger partial charge in [-0.15, -0.1) is 0 Å². The van der Waals surface area contributed by atoms with Crippen LogP contribution in [0.25, 0.3) is 0 Å². The number of nitrogens with zero attached hydrogens (tertiary/aromatic N) is 1. The maximum atomic E-state index is 13.0. The minimum absolute atomic E-state index is 0.269. The predicted octanol–water partition coefficient (Wildman–Crippen LogP) is 2.89. The van der Waals surface area contributed by atoms with Crippen molar-refractivity contribution in [3.05, 3.63) is 30.1 Å². The van der Waals surface area contributed by atoms with Crippen LogP contribution in [0.2, 0.25) is 0 Å². The Balaban J connectivity index is 2.72. The molecule has 0 aliphatic rings. The first-order chi connectivity index (χ1) is 9.92. The molecule has 1 rings (SSSR count). The number of halogens is 1. The summed E-state index contributed by atoms with van der Waals surface area (Å²) in [6.45, 7) is 7.73. The van der Waals surface area contributed by atoms with Crippen LogP contribution in [0.4, 0.5) is 10.1 Å². The summed E-state index contributed by atoms with van der Waals surface area (Å²) in [6, 6.07) is 6.28. The molecule has 0 heterocycles. The maximum Gasteiger partial charge on any atom is 0.323 e. The van der Waals surface area contributed by atoms with Crippen LogP contribution in [0.1, 0.15) is 33.6 Å². The molecule has 1 aromatic carbocycles. The largest absolute Gasteiger partial charge is 0.480 e. The van der Waals surface area contributed by atoms with Crippen LogP contribution in [0.5, 0.6) is 0 Å². The highest BCUT2D eigenvalue weighted by Crippen LogP contribution is 2.18. The number of nitrogens with one attached hydrogen (secondary N) is 1. The van der Waals surface area contributed by atoms with Gasteiger partial charge in [0.15, 0.2) is 0 Å². The fourth-order valence-corrected chi connectivity index (χ4v) is 2.15. The van der Waals surface area contributed by atoms with Crippen LogP contribution < -0.4 is 10.2 Å². The number of aliphatic carboxylic acids is 1. The highest BCUT2D eigenvalue weighted by atomic mass is 19.1. The van der Waals surface area contributed by atoms with Gasteiger partial charge in [0, 0.05) is 18.8 Å². The summed E-state index contributed by atoms with van der Waals surface area (Å²) < 4.78 is 13.0. The van der Waals surface area contributed by atoms with E-state index in [0.717, 1.165) is 18.7 Å². The van der Waals surface area contributed by atoms with Crippen molar-refractivity contribution in [1.29, 1.82) is 0 Å². The molecule has 118 valence electrons. The second-order valence-corrected chi connectivity index (χ2v) is 5.37. The Morgan fingerprint density at radius 3 is 2.43 bits per heavy atom. The van der Waals surface area contributed by atoms with Gasteiger partial charge >= 0.3 is 5.97 Å². The van der Waals surface area contributed by atoms with Crippen molar-refractivity contribution in [1.82, 2.24) is 5.32 Å². The van der Waals surface area contributed by atoms with Crippen molar-refractivity contribution in [3.63, 3.8) is 0 Å². The topological polar surface area (TPSA) is 52.6 Å². The van der Waals surface area contributed by atoms with Crippen molar-refractivity contribution < 1.29 is 14.3 Å².